The van der Waals surface area contributed by atoms with Gasteiger partial charge in [-0.15, -0.1) is 0 Å². The number of nitro benzene ring substituents is 1. The number of carbonyl (C=O) groups is 1. The highest BCUT2D eigenvalue weighted by Gasteiger charge is 2.14. The zero-order chi connectivity index (χ0) is 16.8. The largest absolute Gasteiger partial charge is 0.494 e. The molecule has 8 nitrogen and oxygen atoms in total. The zero-order valence-electron chi connectivity index (χ0n) is 12.8. The van der Waals surface area contributed by atoms with Crippen LogP contribution in [0.15, 0.2) is 41.0 Å². The van der Waals surface area contributed by atoms with Crippen molar-refractivity contribution in [3.05, 3.63) is 52.5 Å². The number of non-ortho nitro benzene ring substituents is 1. The van der Waals surface area contributed by atoms with E-state index in [0.29, 0.717) is 12.2 Å². The van der Waals surface area contributed by atoms with Crippen molar-refractivity contribution >= 4 is 17.3 Å². The summed E-state index contributed by atoms with van der Waals surface area (Å²) in [5.74, 6) is 0.737. The molecule has 0 aliphatic heterocycles. The summed E-state index contributed by atoms with van der Waals surface area (Å²) in [6.45, 7) is 0.638. The first-order valence-corrected chi connectivity index (χ1v) is 6.83. The lowest BCUT2D eigenvalue weighted by atomic mass is 10.2. The normalized spacial score (nSPS) is 10.6. The second-order valence-corrected chi connectivity index (χ2v) is 4.94. The molecule has 0 atom stereocenters. The maximum absolute atomic E-state index is 12.1. The second kappa shape index (κ2) is 7.41. The lowest BCUT2D eigenvalue weighted by Crippen LogP contribution is -2.29. The van der Waals surface area contributed by atoms with Crippen LogP contribution in [0.25, 0.3) is 0 Å². The van der Waals surface area contributed by atoms with Gasteiger partial charge in [0.05, 0.1) is 43.1 Å². The van der Waals surface area contributed by atoms with Crippen molar-refractivity contribution in [1.29, 1.82) is 0 Å². The van der Waals surface area contributed by atoms with E-state index in [0.717, 1.165) is 5.76 Å². The lowest BCUT2D eigenvalue weighted by Gasteiger charge is -2.15. The van der Waals surface area contributed by atoms with Gasteiger partial charge >= 0.3 is 0 Å². The minimum atomic E-state index is -0.523. The maximum atomic E-state index is 12.1. The van der Waals surface area contributed by atoms with Crippen molar-refractivity contribution in [3.63, 3.8) is 0 Å². The third kappa shape index (κ3) is 4.55. The standard InChI is InChI=1S/C15H17N3O5/c1-17(9-12-4-3-7-23-12)10-15(19)16-13-6-5-11(18(20)21)8-14(13)22-2/h3-8H,9-10H2,1-2H3,(H,16,19). The number of likely N-dealkylation sites (N-methyl/N-ethyl adjacent to an activating group) is 1. The minimum absolute atomic E-state index is 0.102. The number of anilines is 1. The molecule has 0 bridgehead atoms. The number of hydrogen-bond donors (Lipinski definition) is 1. The molecule has 2 aromatic rings. The molecule has 2 rings (SSSR count). The molecule has 23 heavy (non-hydrogen) atoms. The van der Waals surface area contributed by atoms with Crippen LogP contribution in [0.4, 0.5) is 11.4 Å². The van der Waals surface area contributed by atoms with Crippen molar-refractivity contribution < 1.29 is 18.9 Å². The van der Waals surface area contributed by atoms with Crippen molar-refractivity contribution in [2.75, 3.05) is 26.0 Å². The highest BCUT2D eigenvalue weighted by molar-refractivity contribution is 5.93. The van der Waals surface area contributed by atoms with Crippen molar-refractivity contribution in [1.82, 2.24) is 4.90 Å². The molecule has 0 unspecified atom stereocenters. The van der Waals surface area contributed by atoms with Crippen LogP contribution in [0.3, 0.4) is 0 Å². The predicted molar refractivity (Wildman–Crippen MR) is 83.3 cm³/mol. The Hall–Kier alpha value is -2.87. The molecular formula is C15H17N3O5. The summed E-state index contributed by atoms with van der Waals surface area (Å²) >= 11 is 0. The Labute approximate surface area is 132 Å². The Morgan fingerprint density at radius 1 is 1.43 bits per heavy atom. The van der Waals surface area contributed by atoms with E-state index in [1.54, 1.807) is 24.3 Å². The fourth-order valence-corrected chi connectivity index (χ4v) is 2.06. The van der Waals surface area contributed by atoms with E-state index >= 15 is 0 Å². The number of carbonyl (C=O) groups excluding carboxylic acids is 1. The number of nitro groups is 1. The van der Waals surface area contributed by atoms with Crippen molar-refractivity contribution in [2.24, 2.45) is 0 Å². The average Bonchev–Trinajstić information content (AvgIpc) is 2.99. The quantitative estimate of drug-likeness (QED) is 0.621. The first-order valence-electron chi connectivity index (χ1n) is 6.83. The summed E-state index contributed by atoms with van der Waals surface area (Å²) in [6, 6.07) is 7.63. The third-order valence-corrected chi connectivity index (χ3v) is 3.09. The van der Waals surface area contributed by atoms with Gasteiger partial charge in [0, 0.05) is 6.07 Å². The van der Waals surface area contributed by atoms with Gasteiger partial charge in [-0.1, -0.05) is 0 Å². The van der Waals surface area contributed by atoms with Crippen LogP contribution in [0.5, 0.6) is 5.75 Å². The Kier molecular flexibility index (Phi) is 5.32. The topological polar surface area (TPSA) is 97.8 Å². The second-order valence-electron chi connectivity index (χ2n) is 4.94. The molecule has 0 spiro atoms. The van der Waals surface area contributed by atoms with Crippen LogP contribution < -0.4 is 10.1 Å². The molecule has 122 valence electrons. The molecule has 1 heterocycles. The number of ether oxygens (including phenoxy) is 1. The highest BCUT2D eigenvalue weighted by Crippen LogP contribution is 2.28. The van der Waals surface area contributed by atoms with Crippen LogP contribution in [-0.2, 0) is 11.3 Å². The third-order valence-electron chi connectivity index (χ3n) is 3.09. The summed E-state index contributed by atoms with van der Waals surface area (Å²) in [5, 5.41) is 13.4. The molecule has 1 aromatic heterocycles. The van der Waals surface area contributed by atoms with Gasteiger partial charge in [0.25, 0.3) is 5.69 Å². The summed E-state index contributed by atoms with van der Waals surface area (Å²) in [7, 11) is 3.17. The molecule has 0 saturated heterocycles. The molecular weight excluding hydrogens is 302 g/mol. The number of methoxy groups -OCH3 is 1. The first-order chi connectivity index (χ1) is 11.0. The molecule has 1 amide bonds. The van der Waals surface area contributed by atoms with Gasteiger partial charge in [-0.05, 0) is 25.2 Å². The molecule has 1 N–H and O–H groups in total. The molecule has 1 aromatic carbocycles. The minimum Gasteiger partial charge on any atom is -0.494 e. The van der Waals surface area contributed by atoms with Gasteiger partial charge in [0.2, 0.25) is 5.91 Å². The molecule has 0 radical (unpaired) electrons. The number of amides is 1. The number of nitrogens with zero attached hydrogens (tertiary/aromatic N) is 2. The maximum Gasteiger partial charge on any atom is 0.273 e. The summed E-state index contributed by atoms with van der Waals surface area (Å²) in [4.78, 5) is 24.1. The number of furan rings is 1. The summed E-state index contributed by atoms with van der Waals surface area (Å²) < 4.78 is 10.3. The Bertz CT molecular complexity index is 684. The van der Waals surface area contributed by atoms with Crippen LogP contribution in [0, 0.1) is 10.1 Å². The average molecular weight is 319 g/mol. The molecule has 8 heteroatoms. The highest BCUT2D eigenvalue weighted by atomic mass is 16.6. The summed E-state index contributed by atoms with van der Waals surface area (Å²) in [6.07, 6.45) is 1.57. The van der Waals surface area contributed by atoms with E-state index < -0.39 is 4.92 Å². The van der Waals surface area contributed by atoms with E-state index in [4.69, 9.17) is 9.15 Å². The lowest BCUT2D eigenvalue weighted by molar-refractivity contribution is -0.384. The number of benzene rings is 1. The van der Waals surface area contributed by atoms with Crippen LogP contribution in [-0.4, -0.2) is 36.4 Å². The monoisotopic (exact) mass is 319 g/mol. The van der Waals surface area contributed by atoms with Gasteiger partial charge in [0.1, 0.15) is 11.5 Å². The predicted octanol–water partition coefficient (Wildman–Crippen LogP) is 2.27. The SMILES string of the molecule is COc1cc([N+](=O)[O-])ccc1NC(=O)CN(C)Cc1ccco1. The smallest absolute Gasteiger partial charge is 0.273 e. The van der Waals surface area contributed by atoms with E-state index in [-0.39, 0.29) is 23.9 Å². The fraction of sp³-hybridized carbons (Fsp3) is 0.267. The first kappa shape index (κ1) is 16.5. The van der Waals surface area contributed by atoms with Gasteiger partial charge in [-0.25, -0.2) is 0 Å². The van der Waals surface area contributed by atoms with Crippen LogP contribution in [0.1, 0.15) is 5.76 Å². The van der Waals surface area contributed by atoms with E-state index in [1.807, 2.05) is 6.07 Å². The molecule has 0 aliphatic rings. The molecule has 0 fully saturated rings. The Balaban J connectivity index is 1.98. The van der Waals surface area contributed by atoms with E-state index in [2.05, 4.69) is 5.32 Å². The number of hydrogen-bond acceptors (Lipinski definition) is 6. The van der Waals surface area contributed by atoms with Crippen molar-refractivity contribution in [3.8, 4) is 5.75 Å². The van der Waals surface area contributed by atoms with Crippen LogP contribution >= 0.6 is 0 Å². The number of rotatable bonds is 7. The van der Waals surface area contributed by atoms with E-state index in [1.165, 1.54) is 25.3 Å². The summed E-state index contributed by atoms with van der Waals surface area (Å²) in [5.41, 5.74) is 0.282. The van der Waals surface area contributed by atoms with Crippen molar-refractivity contribution in [2.45, 2.75) is 6.54 Å². The van der Waals surface area contributed by atoms with Gasteiger partial charge in [-0.3, -0.25) is 19.8 Å². The van der Waals surface area contributed by atoms with E-state index in [9.17, 15) is 14.9 Å². The zero-order valence-corrected chi connectivity index (χ0v) is 12.8. The Morgan fingerprint density at radius 3 is 2.83 bits per heavy atom. The van der Waals surface area contributed by atoms with Gasteiger partial charge < -0.3 is 14.5 Å². The van der Waals surface area contributed by atoms with Crippen LogP contribution in [0.2, 0.25) is 0 Å². The number of nitrogens with one attached hydrogen (secondary N) is 1. The Morgan fingerprint density at radius 2 is 2.22 bits per heavy atom. The van der Waals surface area contributed by atoms with Gasteiger partial charge in [-0.2, -0.15) is 0 Å². The molecule has 0 saturated carbocycles. The fourth-order valence-electron chi connectivity index (χ4n) is 2.06. The molecule has 0 aliphatic carbocycles. The van der Waals surface area contributed by atoms with Gasteiger partial charge in [0.15, 0.2) is 0 Å².